The first-order valence-electron chi connectivity index (χ1n) is 10.7. The Balaban J connectivity index is 0.00000156. The summed E-state index contributed by atoms with van der Waals surface area (Å²) in [5.41, 5.74) is 10.3. The van der Waals surface area contributed by atoms with Crippen molar-refractivity contribution < 1.29 is 29.9 Å². The van der Waals surface area contributed by atoms with Crippen LogP contribution in [0.4, 0.5) is 5.82 Å². The summed E-state index contributed by atoms with van der Waals surface area (Å²) in [5, 5.41) is 1.99. The van der Waals surface area contributed by atoms with Gasteiger partial charge >= 0.3 is 0 Å². The van der Waals surface area contributed by atoms with Gasteiger partial charge in [-0.1, -0.05) is 54.0 Å². The van der Waals surface area contributed by atoms with Gasteiger partial charge in [0.1, 0.15) is 12.4 Å². The topological polar surface area (TPSA) is 73.0 Å². The minimum Gasteiger partial charge on any atom is -0.480 e. The van der Waals surface area contributed by atoms with Crippen molar-refractivity contribution in [3.63, 3.8) is 0 Å². The van der Waals surface area contributed by atoms with Crippen LogP contribution in [-0.4, -0.2) is 38.7 Å². The van der Waals surface area contributed by atoms with Crippen molar-refractivity contribution in [1.29, 1.82) is 0 Å². The number of nitrogens with zero attached hydrogens (tertiary/aromatic N) is 3. The van der Waals surface area contributed by atoms with Crippen LogP contribution in [-0.2, 0) is 43.0 Å². The molecule has 1 N–H and O–H groups in total. The molecule has 2 heterocycles. The number of halogens is 1. The smallest absolute Gasteiger partial charge is 0.136 e. The molecule has 0 spiro atoms. The Bertz CT molecular complexity index is 946. The molecule has 8 heteroatoms. The minimum absolute atomic E-state index is 0. The molecule has 0 unspecified atom stereocenters. The van der Waals surface area contributed by atoms with E-state index in [1.807, 2.05) is 45.0 Å². The van der Waals surface area contributed by atoms with Crippen LogP contribution in [0.2, 0.25) is 0 Å². The molecule has 0 radical (unpaired) electrons. The van der Waals surface area contributed by atoms with E-state index in [1.54, 1.807) is 0 Å². The van der Waals surface area contributed by atoms with Crippen LogP contribution in [0, 0.1) is 0 Å². The largest absolute Gasteiger partial charge is 0.480 e. The number of rotatable bonds is 10. The fourth-order valence-corrected chi connectivity index (χ4v) is 3.72. The van der Waals surface area contributed by atoms with Gasteiger partial charge in [0.2, 0.25) is 0 Å². The van der Waals surface area contributed by atoms with Crippen molar-refractivity contribution in [2.75, 3.05) is 18.5 Å². The third kappa shape index (κ3) is 7.23. The molecule has 176 valence electrons. The minimum atomic E-state index is -0.368. The molecular weight excluding hydrogens is 551 g/mol. The second kappa shape index (κ2) is 13.5. The second-order valence-corrected chi connectivity index (χ2v) is 8.22. The van der Waals surface area contributed by atoms with Crippen molar-refractivity contribution in [2.45, 2.75) is 66.2 Å². The standard InChI is InChI=1S/C21H28BrN4O2.C2H6.Pd/c1-4-27-13-17-25-18-19(15-9-5-6-10-16(15)24-20(18)23)26(17)14-21(2,3)28-12-8-7-11-22;1-2;/h5-6,9-10H,4,7-8,11-14H2,1-3H3,(H-,23,24);1-2H3;/q-1;;. The molecule has 0 aliphatic carbocycles. The van der Waals surface area contributed by atoms with Gasteiger partial charge in [-0.25, -0.2) is 4.98 Å². The van der Waals surface area contributed by atoms with E-state index in [1.165, 1.54) is 0 Å². The molecule has 0 saturated carbocycles. The van der Waals surface area contributed by atoms with E-state index in [0.717, 1.165) is 47.0 Å². The van der Waals surface area contributed by atoms with E-state index in [2.05, 4.69) is 39.3 Å². The number of para-hydroxylation sites is 1. The van der Waals surface area contributed by atoms with Gasteiger partial charge in [-0.15, -0.1) is 0 Å². The average molecular weight is 585 g/mol. The Labute approximate surface area is 208 Å². The summed E-state index contributed by atoms with van der Waals surface area (Å²) in [4.78, 5) is 9.14. The molecule has 0 amide bonds. The Morgan fingerprint density at radius 1 is 1.13 bits per heavy atom. The number of imidazole rings is 1. The molecule has 3 rings (SSSR count). The normalized spacial score (nSPS) is 11.3. The van der Waals surface area contributed by atoms with E-state index in [4.69, 9.17) is 20.2 Å². The van der Waals surface area contributed by atoms with Crippen LogP contribution in [0.25, 0.3) is 27.7 Å². The maximum atomic E-state index is 8.36. The van der Waals surface area contributed by atoms with Gasteiger partial charge in [-0.3, -0.25) is 0 Å². The number of alkyl halides is 1. The third-order valence-electron chi connectivity index (χ3n) is 4.66. The summed E-state index contributed by atoms with van der Waals surface area (Å²) >= 11 is 3.46. The Kier molecular flexibility index (Phi) is 12.2. The number of hydrogen-bond acceptors (Lipinski definition) is 4. The number of benzene rings is 1. The summed E-state index contributed by atoms with van der Waals surface area (Å²) in [5.74, 6) is 1.00. The molecule has 0 bridgehead atoms. The average Bonchev–Trinajstić information content (AvgIpc) is 3.10. The monoisotopic (exact) mass is 583 g/mol. The van der Waals surface area contributed by atoms with Crippen LogP contribution < -0.4 is 0 Å². The Morgan fingerprint density at radius 2 is 1.84 bits per heavy atom. The van der Waals surface area contributed by atoms with Crippen LogP contribution in [0.5, 0.6) is 0 Å². The number of fused-ring (bicyclic) bond motifs is 3. The van der Waals surface area contributed by atoms with Crippen molar-refractivity contribution in [3.8, 4) is 0 Å². The molecule has 0 atom stereocenters. The summed E-state index contributed by atoms with van der Waals surface area (Å²) < 4.78 is 14.0. The number of pyridine rings is 1. The van der Waals surface area contributed by atoms with E-state index < -0.39 is 0 Å². The fraction of sp³-hybridized carbons (Fsp3) is 0.565. The molecule has 31 heavy (non-hydrogen) atoms. The zero-order chi connectivity index (χ0) is 22.1. The maximum absolute atomic E-state index is 8.36. The number of nitrogens with one attached hydrogen (secondary N) is 1. The van der Waals surface area contributed by atoms with Crippen LogP contribution >= 0.6 is 15.9 Å². The molecule has 0 fully saturated rings. The summed E-state index contributed by atoms with van der Waals surface area (Å²) in [6.07, 6.45) is 2.12. The summed E-state index contributed by atoms with van der Waals surface area (Å²) in [6, 6.07) is 7.92. The number of ether oxygens (including phenoxy) is 2. The molecule has 0 saturated heterocycles. The molecule has 0 aliphatic rings. The molecule has 1 aromatic carbocycles. The molecule has 6 nitrogen and oxygen atoms in total. The van der Waals surface area contributed by atoms with E-state index >= 15 is 0 Å². The predicted molar refractivity (Wildman–Crippen MR) is 129 cm³/mol. The quantitative estimate of drug-likeness (QED) is 0.149. The van der Waals surface area contributed by atoms with Gasteiger partial charge in [0.25, 0.3) is 0 Å². The SMILES string of the molecule is CC.CCOCc1nc2c([NH-])nc3ccccc3c2n1CC(C)(C)OCCCCBr.[Pd]. The van der Waals surface area contributed by atoms with E-state index in [-0.39, 0.29) is 31.8 Å². The first kappa shape index (κ1) is 28.0. The second-order valence-electron chi connectivity index (χ2n) is 7.43. The Hall–Kier alpha value is -1.04. The van der Waals surface area contributed by atoms with E-state index in [9.17, 15) is 0 Å². The van der Waals surface area contributed by atoms with Crippen LogP contribution in [0.3, 0.4) is 0 Å². The Morgan fingerprint density at radius 3 is 2.52 bits per heavy atom. The van der Waals surface area contributed by atoms with Gasteiger partial charge in [0.15, 0.2) is 0 Å². The van der Waals surface area contributed by atoms with Crippen molar-refractivity contribution in [2.24, 2.45) is 0 Å². The van der Waals surface area contributed by atoms with Gasteiger partial charge < -0.3 is 24.8 Å². The van der Waals surface area contributed by atoms with Gasteiger partial charge in [0.05, 0.1) is 23.2 Å². The zero-order valence-corrected chi connectivity index (χ0v) is 22.3. The molecule has 0 aliphatic heterocycles. The van der Waals surface area contributed by atoms with Crippen molar-refractivity contribution in [3.05, 3.63) is 35.8 Å². The first-order chi connectivity index (χ1) is 14.5. The van der Waals surface area contributed by atoms with Crippen LogP contribution in [0.1, 0.15) is 53.3 Å². The van der Waals surface area contributed by atoms with Gasteiger partial charge in [-0.05, 0) is 44.9 Å². The van der Waals surface area contributed by atoms with Gasteiger partial charge in [0, 0.05) is 44.4 Å². The first-order valence-corrected chi connectivity index (χ1v) is 11.9. The molecule has 2 aromatic heterocycles. The third-order valence-corrected chi connectivity index (χ3v) is 5.22. The van der Waals surface area contributed by atoms with Crippen molar-refractivity contribution in [1.82, 2.24) is 14.5 Å². The predicted octanol–water partition coefficient (Wildman–Crippen LogP) is 6.80. The number of aromatic nitrogens is 3. The molecular formula is C23H34BrN4O2Pd-. The zero-order valence-electron chi connectivity index (χ0n) is 19.1. The van der Waals surface area contributed by atoms with E-state index in [0.29, 0.717) is 25.3 Å². The maximum Gasteiger partial charge on any atom is 0.136 e. The van der Waals surface area contributed by atoms with Crippen LogP contribution in [0.15, 0.2) is 24.3 Å². The number of unbranched alkanes of at least 4 members (excludes halogenated alkanes) is 1. The fourth-order valence-electron chi connectivity index (χ4n) is 3.33. The van der Waals surface area contributed by atoms with Gasteiger partial charge in [-0.2, -0.15) is 0 Å². The summed E-state index contributed by atoms with van der Waals surface area (Å²) in [6.45, 7) is 12.5. The molecule has 3 aromatic rings. The summed E-state index contributed by atoms with van der Waals surface area (Å²) in [7, 11) is 0. The number of hydrogen-bond donors (Lipinski definition) is 0. The van der Waals surface area contributed by atoms with Crippen molar-refractivity contribution >= 4 is 43.7 Å².